The smallest absolute Gasteiger partial charge is 0.358 e. The van der Waals surface area contributed by atoms with E-state index in [9.17, 15) is 9.59 Å². The van der Waals surface area contributed by atoms with Crippen molar-refractivity contribution in [3.63, 3.8) is 0 Å². The van der Waals surface area contributed by atoms with Crippen molar-refractivity contribution >= 4 is 11.9 Å². The standard InChI is InChI=1S/C17H16IO5/c1-11(19)22-16-9-6-14(10-17(16)23-12(2)20)18-13-4-7-15(21-3)8-5-13/h4-10H,1-3H3/q+1. The Bertz CT molecular complexity index is 709. The molecule has 0 atom stereocenters. The van der Waals surface area contributed by atoms with Crippen LogP contribution in [0.1, 0.15) is 13.8 Å². The van der Waals surface area contributed by atoms with Crippen LogP contribution in [-0.4, -0.2) is 19.0 Å². The van der Waals surface area contributed by atoms with Gasteiger partial charge in [-0.1, -0.05) is 0 Å². The summed E-state index contributed by atoms with van der Waals surface area (Å²) in [7, 11) is 1.63. The highest BCUT2D eigenvalue weighted by Gasteiger charge is 2.20. The summed E-state index contributed by atoms with van der Waals surface area (Å²) < 4.78 is 17.6. The molecule has 2 aromatic rings. The zero-order chi connectivity index (χ0) is 16.8. The number of esters is 2. The normalized spacial score (nSPS) is 10.0. The third kappa shape index (κ3) is 5.24. The fourth-order valence-corrected chi connectivity index (χ4v) is 4.01. The second-order valence-corrected chi connectivity index (χ2v) is 7.56. The number of carbonyl (C=O) groups is 2. The highest BCUT2D eigenvalue weighted by atomic mass is 127. The molecule has 0 saturated heterocycles. The number of carbonyl (C=O) groups excluding carboxylic acids is 2. The first kappa shape index (κ1) is 17.3. The van der Waals surface area contributed by atoms with Crippen molar-refractivity contribution in [1.82, 2.24) is 0 Å². The number of ether oxygens (including phenoxy) is 3. The molecule has 0 aliphatic heterocycles. The van der Waals surface area contributed by atoms with E-state index in [1.165, 1.54) is 17.4 Å². The monoisotopic (exact) mass is 427 g/mol. The Balaban J connectivity index is 2.24. The summed E-state index contributed by atoms with van der Waals surface area (Å²) in [4.78, 5) is 22.3. The number of halogens is 1. The van der Waals surface area contributed by atoms with Gasteiger partial charge in [0.15, 0.2) is 18.6 Å². The molecule has 0 heterocycles. The molecule has 0 aliphatic carbocycles. The summed E-state index contributed by atoms with van der Waals surface area (Å²) >= 11 is -0.453. The lowest BCUT2D eigenvalue weighted by atomic mass is 10.3. The van der Waals surface area contributed by atoms with Crippen molar-refractivity contribution in [3.8, 4) is 17.2 Å². The van der Waals surface area contributed by atoms with Gasteiger partial charge in [-0.05, 0) is 36.4 Å². The lowest BCUT2D eigenvalue weighted by molar-refractivity contribution is -0.597. The quantitative estimate of drug-likeness (QED) is 0.372. The first-order chi connectivity index (χ1) is 11.0. The van der Waals surface area contributed by atoms with Gasteiger partial charge in [0.1, 0.15) is 5.75 Å². The highest BCUT2D eigenvalue weighted by molar-refractivity contribution is 5.73. The van der Waals surface area contributed by atoms with Gasteiger partial charge in [0, 0.05) is 19.9 Å². The van der Waals surface area contributed by atoms with E-state index in [1.54, 1.807) is 19.2 Å². The van der Waals surface area contributed by atoms with Crippen LogP contribution in [-0.2, 0) is 9.59 Å². The third-order valence-electron chi connectivity index (χ3n) is 2.68. The highest BCUT2D eigenvalue weighted by Crippen LogP contribution is 2.26. The summed E-state index contributed by atoms with van der Waals surface area (Å²) in [6.45, 7) is 2.61. The Morgan fingerprint density at radius 3 is 1.96 bits per heavy atom. The summed E-state index contributed by atoms with van der Waals surface area (Å²) in [5, 5.41) is 0. The second kappa shape index (κ2) is 7.96. The summed E-state index contributed by atoms with van der Waals surface area (Å²) in [6.07, 6.45) is 0. The van der Waals surface area contributed by atoms with Crippen LogP contribution >= 0.6 is 0 Å². The van der Waals surface area contributed by atoms with Crippen LogP contribution in [0, 0.1) is 7.14 Å². The van der Waals surface area contributed by atoms with Crippen LogP contribution in [0.15, 0.2) is 42.5 Å². The molecule has 0 aliphatic rings. The van der Waals surface area contributed by atoms with Crippen LogP contribution in [0.3, 0.4) is 0 Å². The zero-order valence-corrected chi connectivity index (χ0v) is 15.1. The Morgan fingerprint density at radius 2 is 1.39 bits per heavy atom. The molecule has 2 rings (SSSR count). The van der Waals surface area contributed by atoms with Gasteiger partial charge >= 0.3 is 33.1 Å². The zero-order valence-electron chi connectivity index (χ0n) is 13.0. The molecular weight excluding hydrogens is 411 g/mol. The maximum Gasteiger partial charge on any atom is 0.358 e. The molecule has 0 spiro atoms. The van der Waals surface area contributed by atoms with Crippen LogP contribution in [0.4, 0.5) is 0 Å². The maximum atomic E-state index is 11.2. The molecule has 120 valence electrons. The predicted octanol–water partition coefficient (Wildman–Crippen LogP) is -0.326. The molecule has 0 N–H and O–H groups in total. The molecule has 0 saturated carbocycles. The topological polar surface area (TPSA) is 61.8 Å². The van der Waals surface area contributed by atoms with Gasteiger partial charge < -0.3 is 14.2 Å². The van der Waals surface area contributed by atoms with Crippen molar-refractivity contribution < 1.29 is 45.0 Å². The van der Waals surface area contributed by atoms with Gasteiger partial charge in [-0.15, -0.1) is 0 Å². The fourth-order valence-electron chi connectivity index (χ4n) is 1.77. The van der Waals surface area contributed by atoms with E-state index < -0.39 is 33.1 Å². The maximum absolute atomic E-state index is 11.2. The van der Waals surface area contributed by atoms with E-state index in [0.717, 1.165) is 9.32 Å². The van der Waals surface area contributed by atoms with Gasteiger partial charge in [0.05, 0.1) is 7.11 Å². The first-order valence-corrected chi connectivity index (χ1v) is 8.93. The first-order valence-electron chi connectivity index (χ1n) is 6.77. The number of hydrogen-bond acceptors (Lipinski definition) is 5. The largest absolute Gasteiger partial charge is 0.497 e. The number of benzene rings is 2. The minimum atomic E-state index is -0.462. The van der Waals surface area contributed by atoms with E-state index in [1.807, 2.05) is 30.3 Å². The number of rotatable bonds is 5. The van der Waals surface area contributed by atoms with Gasteiger partial charge in [0.25, 0.3) is 0 Å². The molecule has 0 radical (unpaired) electrons. The van der Waals surface area contributed by atoms with Crippen LogP contribution in [0.5, 0.6) is 17.2 Å². The molecule has 6 heteroatoms. The van der Waals surface area contributed by atoms with Crippen LogP contribution in [0.2, 0.25) is 0 Å². The Hall–Kier alpha value is -2.09. The van der Waals surface area contributed by atoms with Crippen molar-refractivity contribution in [3.05, 3.63) is 49.6 Å². The molecule has 23 heavy (non-hydrogen) atoms. The minimum absolute atomic E-state index is 0.246. The Morgan fingerprint density at radius 1 is 0.826 bits per heavy atom. The lowest BCUT2D eigenvalue weighted by Gasteiger charge is -2.07. The Labute approximate surface area is 144 Å². The van der Waals surface area contributed by atoms with E-state index in [2.05, 4.69) is 0 Å². The van der Waals surface area contributed by atoms with Gasteiger partial charge in [-0.3, -0.25) is 9.59 Å². The van der Waals surface area contributed by atoms with Crippen molar-refractivity contribution in [2.24, 2.45) is 0 Å². The molecular formula is C17H16IO5+. The summed E-state index contributed by atoms with van der Waals surface area (Å²) in [6, 6.07) is 13.1. The van der Waals surface area contributed by atoms with Gasteiger partial charge in [0.2, 0.25) is 0 Å². The summed E-state index contributed by atoms with van der Waals surface area (Å²) in [5.41, 5.74) is 0. The lowest BCUT2D eigenvalue weighted by Crippen LogP contribution is -3.61. The average Bonchev–Trinajstić information content (AvgIpc) is 2.50. The molecule has 0 amide bonds. The molecule has 0 bridgehead atoms. The fraction of sp³-hybridized carbons (Fsp3) is 0.176. The minimum Gasteiger partial charge on any atom is -0.497 e. The number of hydrogen-bond donors (Lipinski definition) is 0. The van der Waals surface area contributed by atoms with Crippen molar-refractivity contribution in [1.29, 1.82) is 0 Å². The Kier molecular flexibility index (Phi) is 5.97. The van der Waals surface area contributed by atoms with Crippen molar-refractivity contribution in [2.45, 2.75) is 13.8 Å². The van der Waals surface area contributed by atoms with E-state index in [4.69, 9.17) is 14.2 Å². The van der Waals surface area contributed by atoms with E-state index in [0.29, 0.717) is 0 Å². The van der Waals surface area contributed by atoms with Crippen molar-refractivity contribution in [2.75, 3.05) is 7.11 Å². The van der Waals surface area contributed by atoms with Crippen LogP contribution < -0.4 is 35.4 Å². The van der Waals surface area contributed by atoms with Gasteiger partial charge in [-0.2, -0.15) is 0 Å². The van der Waals surface area contributed by atoms with Gasteiger partial charge in [-0.25, -0.2) is 0 Å². The number of methoxy groups -OCH3 is 1. The molecule has 5 nitrogen and oxygen atoms in total. The third-order valence-corrected chi connectivity index (χ3v) is 5.32. The SMILES string of the molecule is COc1ccc([I+]c2ccc(OC(C)=O)c(OC(C)=O)c2)cc1. The molecule has 0 fully saturated rings. The van der Waals surface area contributed by atoms with Crippen LogP contribution in [0.25, 0.3) is 0 Å². The summed E-state index contributed by atoms with van der Waals surface area (Å²) in [5.74, 6) is 0.395. The van der Waals surface area contributed by atoms with E-state index in [-0.39, 0.29) is 11.5 Å². The second-order valence-electron chi connectivity index (χ2n) is 4.53. The molecule has 0 unspecified atom stereocenters. The average molecular weight is 427 g/mol. The van der Waals surface area contributed by atoms with E-state index >= 15 is 0 Å². The molecule has 2 aromatic carbocycles. The molecule has 0 aromatic heterocycles. The predicted molar refractivity (Wildman–Crippen MR) is 79.4 cm³/mol.